The van der Waals surface area contributed by atoms with Crippen LogP contribution in [0.3, 0.4) is 0 Å². The van der Waals surface area contributed by atoms with Gasteiger partial charge in [-0.1, -0.05) is 25.0 Å². The van der Waals surface area contributed by atoms with Crippen molar-refractivity contribution in [3.8, 4) is 5.75 Å². The first-order valence-corrected chi connectivity index (χ1v) is 6.28. The van der Waals surface area contributed by atoms with E-state index >= 15 is 0 Å². The van der Waals surface area contributed by atoms with Crippen molar-refractivity contribution in [1.29, 1.82) is 0 Å². The standard InChI is InChI=1S/C14H21NO2/c1-16-14-8-7-12(11-5-3-4-6-11)9-13(14)10-15-17-2/h7-9,11,15H,3-6,10H2,1-2H3. The minimum atomic E-state index is 0.681. The highest BCUT2D eigenvalue weighted by atomic mass is 16.6. The normalized spacial score (nSPS) is 16.4. The highest BCUT2D eigenvalue weighted by Gasteiger charge is 2.18. The van der Waals surface area contributed by atoms with Crippen molar-refractivity contribution in [3.05, 3.63) is 29.3 Å². The van der Waals surface area contributed by atoms with Crippen LogP contribution in [0.5, 0.6) is 5.75 Å². The topological polar surface area (TPSA) is 30.5 Å². The molecule has 0 radical (unpaired) electrons. The van der Waals surface area contributed by atoms with Gasteiger partial charge in [-0.2, -0.15) is 5.48 Å². The Morgan fingerprint density at radius 1 is 1.24 bits per heavy atom. The van der Waals surface area contributed by atoms with Crippen LogP contribution in [0.2, 0.25) is 0 Å². The van der Waals surface area contributed by atoms with Crippen LogP contribution in [0.4, 0.5) is 0 Å². The molecule has 1 aliphatic carbocycles. The maximum atomic E-state index is 5.36. The maximum absolute atomic E-state index is 5.36. The Kier molecular flexibility index (Phi) is 4.40. The van der Waals surface area contributed by atoms with Crippen molar-refractivity contribution in [2.24, 2.45) is 0 Å². The number of benzene rings is 1. The Balaban J connectivity index is 2.17. The zero-order valence-electron chi connectivity index (χ0n) is 10.7. The summed E-state index contributed by atoms with van der Waals surface area (Å²) in [5.41, 5.74) is 5.48. The number of methoxy groups -OCH3 is 1. The third kappa shape index (κ3) is 2.99. The first-order valence-electron chi connectivity index (χ1n) is 6.28. The molecule has 0 atom stereocenters. The van der Waals surface area contributed by atoms with Crippen LogP contribution >= 0.6 is 0 Å². The molecule has 0 amide bonds. The molecular formula is C14H21NO2. The van der Waals surface area contributed by atoms with Gasteiger partial charge in [0.25, 0.3) is 0 Å². The maximum Gasteiger partial charge on any atom is 0.123 e. The van der Waals surface area contributed by atoms with E-state index in [1.165, 1.54) is 36.8 Å². The van der Waals surface area contributed by atoms with Crippen LogP contribution in [0.1, 0.15) is 42.7 Å². The summed E-state index contributed by atoms with van der Waals surface area (Å²) >= 11 is 0. The average molecular weight is 235 g/mol. The Labute approximate surface area is 103 Å². The molecule has 0 heterocycles. The number of hydroxylamine groups is 1. The van der Waals surface area contributed by atoms with E-state index in [4.69, 9.17) is 9.57 Å². The molecule has 0 spiro atoms. The summed E-state index contributed by atoms with van der Waals surface area (Å²) < 4.78 is 5.36. The Hall–Kier alpha value is -1.06. The fourth-order valence-corrected chi connectivity index (χ4v) is 2.60. The molecule has 0 aliphatic heterocycles. The molecule has 0 bridgehead atoms. The lowest BCUT2D eigenvalue weighted by Gasteiger charge is -2.14. The number of ether oxygens (including phenoxy) is 1. The van der Waals surface area contributed by atoms with Crippen molar-refractivity contribution >= 4 is 0 Å². The number of rotatable bonds is 5. The van der Waals surface area contributed by atoms with Crippen LogP contribution in [0.25, 0.3) is 0 Å². The van der Waals surface area contributed by atoms with Gasteiger partial charge in [0.1, 0.15) is 5.75 Å². The fourth-order valence-electron chi connectivity index (χ4n) is 2.60. The Bertz CT molecular complexity index is 359. The summed E-state index contributed by atoms with van der Waals surface area (Å²) in [7, 11) is 3.34. The quantitative estimate of drug-likeness (QED) is 0.796. The lowest BCUT2D eigenvalue weighted by molar-refractivity contribution is 0.0861. The van der Waals surface area contributed by atoms with E-state index < -0.39 is 0 Å². The zero-order chi connectivity index (χ0) is 12.1. The molecule has 17 heavy (non-hydrogen) atoms. The lowest BCUT2D eigenvalue weighted by Crippen LogP contribution is -2.12. The van der Waals surface area contributed by atoms with Gasteiger partial charge in [-0.3, -0.25) is 0 Å². The Morgan fingerprint density at radius 3 is 2.65 bits per heavy atom. The van der Waals surface area contributed by atoms with Gasteiger partial charge in [0, 0.05) is 12.1 Å². The molecule has 0 unspecified atom stereocenters. The van der Waals surface area contributed by atoms with Crippen LogP contribution in [-0.2, 0) is 11.4 Å². The number of nitrogens with one attached hydrogen (secondary N) is 1. The minimum Gasteiger partial charge on any atom is -0.496 e. The van der Waals surface area contributed by atoms with E-state index in [2.05, 4.69) is 23.7 Å². The molecule has 94 valence electrons. The molecular weight excluding hydrogens is 214 g/mol. The smallest absolute Gasteiger partial charge is 0.123 e. The van der Waals surface area contributed by atoms with Crippen LogP contribution < -0.4 is 10.2 Å². The van der Waals surface area contributed by atoms with Gasteiger partial charge in [-0.05, 0) is 30.4 Å². The highest BCUT2D eigenvalue weighted by Crippen LogP contribution is 2.35. The second-order valence-electron chi connectivity index (χ2n) is 4.58. The van der Waals surface area contributed by atoms with Crippen molar-refractivity contribution in [2.45, 2.75) is 38.1 Å². The number of hydrogen-bond donors (Lipinski definition) is 1. The third-order valence-corrected chi connectivity index (χ3v) is 3.54. The van der Waals surface area contributed by atoms with E-state index in [1.54, 1.807) is 14.2 Å². The molecule has 1 aromatic carbocycles. The summed E-state index contributed by atoms with van der Waals surface area (Å²) in [6, 6.07) is 6.52. The molecule has 0 saturated heterocycles. The summed E-state index contributed by atoms with van der Waals surface area (Å²) in [6.45, 7) is 0.681. The van der Waals surface area contributed by atoms with Gasteiger partial charge in [0.05, 0.1) is 14.2 Å². The summed E-state index contributed by atoms with van der Waals surface area (Å²) in [6.07, 6.45) is 5.37. The summed E-state index contributed by atoms with van der Waals surface area (Å²) in [5.74, 6) is 1.67. The monoisotopic (exact) mass is 235 g/mol. The third-order valence-electron chi connectivity index (χ3n) is 3.54. The van der Waals surface area contributed by atoms with Crippen LogP contribution in [0, 0.1) is 0 Å². The summed E-state index contributed by atoms with van der Waals surface area (Å²) in [5, 5.41) is 0. The number of hydrogen-bond acceptors (Lipinski definition) is 3. The molecule has 3 heteroatoms. The first kappa shape index (κ1) is 12.4. The zero-order valence-corrected chi connectivity index (χ0v) is 10.7. The van der Waals surface area contributed by atoms with E-state index in [0.717, 1.165) is 11.7 Å². The van der Waals surface area contributed by atoms with E-state index in [9.17, 15) is 0 Å². The van der Waals surface area contributed by atoms with Crippen LogP contribution in [-0.4, -0.2) is 14.2 Å². The predicted octanol–water partition coefficient (Wildman–Crippen LogP) is 3.00. The second-order valence-corrected chi connectivity index (χ2v) is 4.58. The highest BCUT2D eigenvalue weighted by molar-refractivity contribution is 5.38. The van der Waals surface area contributed by atoms with Crippen molar-refractivity contribution in [2.75, 3.05) is 14.2 Å². The molecule has 1 aliphatic rings. The molecule has 0 aromatic heterocycles. The molecule has 3 nitrogen and oxygen atoms in total. The lowest BCUT2D eigenvalue weighted by atomic mass is 9.95. The molecule has 1 saturated carbocycles. The van der Waals surface area contributed by atoms with Gasteiger partial charge in [0.15, 0.2) is 0 Å². The first-order chi connectivity index (χ1) is 8.35. The minimum absolute atomic E-state index is 0.681. The van der Waals surface area contributed by atoms with Gasteiger partial charge in [0.2, 0.25) is 0 Å². The van der Waals surface area contributed by atoms with Gasteiger partial charge >= 0.3 is 0 Å². The van der Waals surface area contributed by atoms with Crippen molar-refractivity contribution in [3.63, 3.8) is 0 Å². The van der Waals surface area contributed by atoms with Crippen LogP contribution in [0.15, 0.2) is 18.2 Å². The average Bonchev–Trinajstić information content (AvgIpc) is 2.89. The van der Waals surface area contributed by atoms with E-state index in [0.29, 0.717) is 6.54 Å². The van der Waals surface area contributed by atoms with Crippen molar-refractivity contribution < 1.29 is 9.57 Å². The van der Waals surface area contributed by atoms with Gasteiger partial charge < -0.3 is 9.57 Å². The molecule has 1 aromatic rings. The molecule has 2 rings (SSSR count). The second kappa shape index (κ2) is 6.03. The predicted molar refractivity (Wildman–Crippen MR) is 68.1 cm³/mol. The van der Waals surface area contributed by atoms with E-state index in [1.807, 2.05) is 0 Å². The molecule has 1 fully saturated rings. The summed E-state index contributed by atoms with van der Waals surface area (Å²) in [4.78, 5) is 4.91. The van der Waals surface area contributed by atoms with Gasteiger partial charge in [-0.15, -0.1) is 0 Å². The van der Waals surface area contributed by atoms with E-state index in [-0.39, 0.29) is 0 Å². The fraction of sp³-hybridized carbons (Fsp3) is 0.571. The Morgan fingerprint density at radius 2 is 2.00 bits per heavy atom. The van der Waals surface area contributed by atoms with Crippen molar-refractivity contribution in [1.82, 2.24) is 5.48 Å². The van der Waals surface area contributed by atoms with Gasteiger partial charge in [-0.25, -0.2) is 0 Å². The SMILES string of the molecule is CONCc1cc(C2CCCC2)ccc1OC. The largest absolute Gasteiger partial charge is 0.496 e. The molecule has 1 N–H and O–H groups in total.